The Kier molecular flexibility index (Phi) is 4.54. The zero-order chi connectivity index (χ0) is 14.0. The number of hydrogen-bond acceptors (Lipinski definition) is 3. The molecule has 1 N–H and O–H groups in total. The molecule has 0 bridgehead atoms. The third-order valence-electron chi connectivity index (χ3n) is 2.38. The zero-order valence-corrected chi connectivity index (χ0v) is 13.1. The summed E-state index contributed by atoms with van der Waals surface area (Å²) in [6.07, 6.45) is 1.70. The van der Waals surface area contributed by atoms with Gasteiger partial charge in [0.2, 0.25) is 0 Å². The van der Waals surface area contributed by atoms with Gasteiger partial charge in [0.25, 0.3) is 0 Å². The molecular formula is C12H10BrClN2O2S. The highest BCUT2D eigenvalue weighted by atomic mass is 79.9. The Morgan fingerprint density at radius 1 is 1.58 bits per heavy atom. The number of benzene rings is 1. The van der Waals surface area contributed by atoms with Crippen molar-refractivity contribution in [3.63, 3.8) is 0 Å². The second kappa shape index (κ2) is 5.98. The topological polar surface area (TPSA) is 55.1 Å². The van der Waals surface area contributed by atoms with Crippen LogP contribution in [0.1, 0.15) is 5.69 Å². The van der Waals surface area contributed by atoms with Crippen LogP contribution in [0, 0.1) is 6.92 Å². The minimum absolute atomic E-state index is 0.0396. The van der Waals surface area contributed by atoms with E-state index < -0.39 is 5.97 Å². The molecule has 0 saturated heterocycles. The average molecular weight is 362 g/mol. The SMILES string of the molecule is Cc1cnc(SCC(=O)O)n1-c1cc(Br)ccc1Cl. The van der Waals surface area contributed by atoms with Crippen molar-refractivity contribution in [2.45, 2.75) is 12.1 Å². The number of hydrogen-bond donors (Lipinski definition) is 1. The second-order valence-corrected chi connectivity index (χ2v) is 6.06. The van der Waals surface area contributed by atoms with Crippen LogP contribution in [0.25, 0.3) is 5.69 Å². The first-order valence-electron chi connectivity index (χ1n) is 5.33. The van der Waals surface area contributed by atoms with Gasteiger partial charge in [0.05, 0.1) is 16.5 Å². The number of carboxylic acid groups (broad SMARTS) is 1. The fourth-order valence-electron chi connectivity index (χ4n) is 1.59. The highest BCUT2D eigenvalue weighted by Gasteiger charge is 2.14. The van der Waals surface area contributed by atoms with Crippen LogP contribution in [0.2, 0.25) is 5.02 Å². The lowest BCUT2D eigenvalue weighted by Crippen LogP contribution is -2.03. The maximum Gasteiger partial charge on any atom is 0.313 e. The molecule has 1 aromatic heterocycles. The molecule has 0 spiro atoms. The molecule has 7 heteroatoms. The summed E-state index contributed by atoms with van der Waals surface area (Å²) in [6.45, 7) is 1.90. The summed E-state index contributed by atoms with van der Waals surface area (Å²) in [5, 5.41) is 9.95. The number of nitrogens with zero attached hydrogens (tertiary/aromatic N) is 2. The molecule has 1 aromatic carbocycles. The van der Waals surface area contributed by atoms with E-state index in [0.29, 0.717) is 10.2 Å². The van der Waals surface area contributed by atoms with Crippen LogP contribution in [-0.4, -0.2) is 26.4 Å². The van der Waals surface area contributed by atoms with Crippen LogP contribution in [0.15, 0.2) is 34.0 Å². The van der Waals surface area contributed by atoms with Gasteiger partial charge in [-0.2, -0.15) is 0 Å². The van der Waals surface area contributed by atoms with Crippen molar-refractivity contribution in [3.05, 3.63) is 39.6 Å². The first-order chi connectivity index (χ1) is 8.99. The van der Waals surface area contributed by atoms with Gasteiger partial charge in [-0.05, 0) is 25.1 Å². The van der Waals surface area contributed by atoms with Crippen molar-refractivity contribution in [1.29, 1.82) is 0 Å². The maximum absolute atomic E-state index is 10.7. The molecule has 0 atom stereocenters. The first kappa shape index (κ1) is 14.4. The Morgan fingerprint density at radius 3 is 3.00 bits per heavy atom. The first-order valence-corrected chi connectivity index (χ1v) is 7.49. The summed E-state index contributed by atoms with van der Waals surface area (Å²) in [4.78, 5) is 14.9. The second-order valence-electron chi connectivity index (χ2n) is 3.80. The molecule has 0 fully saturated rings. The van der Waals surface area contributed by atoms with Gasteiger partial charge in [0, 0.05) is 16.4 Å². The van der Waals surface area contributed by atoms with Crippen molar-refractivity contribution < 1.29 is 9.90 Å². The van der Waals surface area contributed by atoms with Gasteiger partial charge in [-0.15, -0.1) is 0 Å². The Balaban J connectivity index is 2.46. The van der Waals surface area contributed by atoms with Gasteiger partial charge >= 0.3 is 5.97 Å². The minimum Gasteiger partial charge on any atom is -0.481 e. The van der Waals surface area contributed by atoms with E-state index in [2.05, 4.69) is 20.9 Å². The smallest absolute Gasteiger partial charge is 0.313 e. The predicted molar refractivity (Wildman–Crippen MR) is 79.4 cm³/mol. The summed E-state index contributed by atoms with van der Waals surface area (Å²) < 4.78 is 2.75. The average Bonchev–Trinajstić information content (AvgIpc) is 2.71. The molecule has 0 saturated carbocycles. The monoisotopic (exact) mass is 360 g/mol. The number of aliphatic carboxylic acids is 1. The maximum atomic E-state index is 10.7. The number of thioether (sulfide) groups is 1. The van der Waals surface area contributed by atoms with Gasteiger partial charge in [-0.3, -0.25) is 9.36 Å². The van der Waals surface area contributed by atoms with Crippen LogP contribution in [-0.2, 0) is 4.79 Å². The Bertz CT molecular complexity index is 630. The number of carboxylic acids is 1. The quantitative estimate of drug-likeness (QED) is 0.842. The molecule has 19 heavy (non-hydrogen) atoms. The molecule has 0 amide bonds. The van der Waals surface area contributed by atoms with Crippen molar-refractivity contribution in [2.75, 3.05) is 5.75 Å². The summed E-state index contributed by atoms with van der Waals surface area (Å²) in [5.41, 5.74) is 1.67. The molecule has 1 heterocycles. The Labute approximate surface area is 127 Å². The van der Waals surface area contributed by atoms with Crippen molar-refractivity contribution in [1.82, 2.24) is 9.55 Å². The Hall–Kier alpha value is -0.980. The lowest BCUT2D eigenvalue weighted by atomic mass is 10.3. The van der Waals surface area contributed by atoms with E-state index >= 15 is 0 Å². The molecule has 0 aliphatic rings. The molecule has 2 aromatic rings. The molecule has 100 valence electrons. The number of halogens is 2. The van der Waals surface area contributed by atoms with Crippen LogP contribution >= 0.6 is 39.3 Å². The number of imidazole rings is 1. The van der Waals surface area contributed by atoms with E-state index in [1.807, 2.05) is 23.6 Å². The molecule has 0 aliphatic heterocycles. The fourth-order valence-corrected chi connectivity index (χ4v) is 2.90. The lowest BCUT2D eigenvalue weighted by molar-refractivity contribution is -0.133. The van der Waals surface area contributed by atoms with Crippen molar-refractivity contribution >= 4 is 45.3 Å². The third-order valence-corrected chi connectivity index (χ3v) is 4.13. The summed E-state index contributed by atoms with van der Waals surface area (Å²) in [7, 11) is 0. The lowest BCUT2D eigenvalue weighted by Gasteiger charge is -2.11. The standard InChI is InChI=1S/C12H10BrClN2O2S/c1-7-5-15-12(19-6-11(17)18)16(7)10-4-8(13)2-3-9(10)14/h2-5H,6H2,1H3,(H,17,18). The largest absolute Gasteiger partial charge is 0.481 e. The number of aryl methyl sites for hydroxylation is 1. The number of aromatic nitrogens is 2. The molecule has 2 rings (SSSR count). The number of carbonyl (C=O) groups is 1. The molecule has 4 nitrogen and oxygen atoms in total. The highest BCUT2D eigenvalue weighted by Crippen LogP contribution is 2.30. The van der Waals surface area contributed by atoms with Crippen molar-refractivity contribution in [3.8, 4) is 5.69 Å². The zero-order valence-electron chi connectivity index (χ0n) is 9.93. The fraction of sp³-hybridized carbons (Fsp3) is 0.167. The van der Waals surface area contributed by atoms with Gasteiger partial charge in [0.1, 0.15) is 0 Å². The third kappa shape index (κ3) is 3.32. The summed E-state index contributed by atoms with van der Waals surface area (Å²) >= 11 is 10.8. The summed E-state index contributed by atoms with van der Waals surface area (Å²) in [5.74, 6) is -0.917. The minimum atomic E-state index is -0.877. The molecule has 0 unspecified atom stereocenters. The van der Waals surface area contributed by atoms with E-state index in [1.165, 1.54) is 0 Å². The van der Waals surface area contributed by atoms with Gasteiger partial charge in [0.15, 0.2) is 5.16 Å². The molecular weight excluding hydrogens is 352 g/mol. The molecule has 0 radical (unpaired) electrons. The van der Waals surface area contributed by atoms with Crippen LogP contribution in [0.5, 0.6) is 0 Å². The van der Waals surface area contributed by atoms with E-state index in [9.17, 15) is 4.79 Å². The van der Waals surface area contributed by atoms with Crippen LogP contribution < -0.4 is 0 Å². The predicted octanol–water partition coefficient (Wildman–Crippen LogP) is 3.77. The van der Waals surface area contributed by atoms with Crippen molar-refractivity contribution in [2.24, 2.45) is 0 Å². The van der Waals surface area contributed by atoms with E-state index in [0.717, 1.165) is 27.6 Å². The van der Waals surface area contributed by atoms with Gasteiger partial charge in [-0.25, -0.2) is 4.98 Å². The Morgan fingerprint density at radius 2 is 2.32 bits per heavy atom. The highest BCUT2D eigenvalue weighted by molar-refractivity contribution is 9.10. The van der Waals surface area contributed by atoms with E-state index in [4.69, 9.17) is 16.7 Å². The van der Waals surface area contributed by atoms with Crippen LogP contribution in [0.4, 0.5) is 0 Å². The van der Waals surface area contributed by atoms with E-state index in [1.54, 1.807) is 12.3 Å². The van der Waals surface area contributed by atoms with Gasteiger partial charge < -0.3 is 5.11 Å². The van der Waals surface area contributed by atoms with Crippen LogP contribution in [0.3, 0.4) is 0 Å². The normalized spacial score (nSPS) is 10.7. The number of rotatable bonds is 4. The summed E-state index contributed by atoms with van der Waals surface area (Å²) in [6, 6.07) is 5.51. The van der Waals surface area contributed by atoms with E-state index in [-0.39, 0.29) is 5.75 Å². The van der Waals surface area contributed by atoms with Gasteiger partial charge in [-0.1, -0.05) is 39.3 Å². The molecule has 0 aliphatic carbocycles.